The SMILES string of the molecule is CCOc1ccc(NC(=O)CSc2nccn2-c2ccc(OC)cc2)cc1OCC. The van der Waals surface area contributed by atoms with Crippen LogP contribution in [-0.4, -0.2) is 41.5 Å². The lowest BCUT2D eigenvalue weighted by Gasteiger charge is -2.13. The van der Waals surface area contributed by atoms with Gasteiger partial charge in [0.15, 0.2) is 16.7 Å². The van der Waals surface area contributed by atoms with E-state index in [0.29, 0.717) is 30.4 Å². The second-order valence-corrected chi connectivity index (χ2v) is 7.08. The lowest BCUT2D eigenvalue weighted by Crippen LogP contribution is -2.14. The molecule has 1 heterocycles. The van der Waals surface area contributed by atoms with Gasteiger partial charge >= 0.3 is 0 Å². The van der Waals surface area contributed by atoms with E-state index in [1.807, 2.05) is 48.9 Å². The summed E-state index contributed by atoms with van der Waals surface area (Å²) in [6.07, 6.45) is 3.58. The maximum Gasteiger partial charge on any atom is 0.234 e. The van der Waals surface area contributed by atoms with E-state index in [4.69, 9.17) is 14.2 Å². The molecule has 0 aliphatic heterocycles. The summed E-state index contributed by atoms with van der Waals surface area (Å²) in [7, 11) is 1.63. The molecule has 3 aromatic rings. The van der Waals surface area contributed by atoms with E-state index >= 15 is 0 Å². The fourth-order valence-corrected chi connectivity index (χ4v) is 3.57. The third kappa shape index (κ3) is 5.48. The Balaban J connectivity index is 1.63. The summed E-state index contributed by atoms with van der Waals surface area (Å²) < 4.78 is 18.3. The number of anilines is 1. The highest BCUT2D eigenvalue weighted by Crippen LogP contribution is 2.31. The van der Waals surface area contributed by atoms with E-state index in [9.17, 15) is 4.79 Å². The quantitative estimate of drug-likeness (QED) is 0.483. The predicted molar refractivity (Wildman–Crippen MR) is 118 cm³/mol. The zero-order chi connectivity index (χ0) is 21.3. The van der Waals surface area contributed by atoms with Crippen LogP contribution in [0.4, 0.5) is 5.69 Å². The number of hydrogen-bond donors (Lipinski definition) is 1. The summed E-state index contributed by atoms with van der Waals surface area (Å²) in [5, 5.41) is 3.63. The molecule has 0 saturated heterocycles. The first-order chi connectivity index (χ1) is 14.6. The highest BCUT2D eigenvalue weighted by molar-refractivity contribution is 7.99. The number of amides is 1. The maximum atomic E-state index is 12.5. The molecule has 1 amide bonds. The molecule has 1 aromatic heterocycles. The van der Waals surface area contributed by atoms with Crippen molar-refractivity contribution in [1.29, 1.82) is 0 Å². The Hall–Kier alpha value is -3.13. The summed E-state index contributed by atoms with van der Waals surface area (Å²) in [5.41, 5.74) is 1.61. The maximum absolute atomic E-state index is 12.5. The lowest BCUT2D eigenvalue weighted by atomic mass is 10.2. The van der Waals surface area contributed by atoms with Crippen LogP contribution in [0.1, 0.15) is 13.8 Å². The van der Waals surface area contributed by atoms with Crippen LogP contribution in [-0.2, 0) is 4.79 Å². The van der Waals surface area contributed by atoms with E-state index in [0.717, 1.165) is 16.6 Å². The molecule has 0 saturated carbocycles. The summed E-state index contributed by atoms with van der Waals surface area (Å²) >= 11 is 1.36. The topological polar surface area (TPSA) is 74.6 Å². The number of nitrogens with one attached hydrogen (secondary N) is 1. The van der Waals surface area contributed by atoms with Crippen molar-refractivity contribution in [3.63, 3.8) is 0 Å². The highest BCUT2D eigenvalue weighted by atomic mass is 32.2. The molecule has 2 aromatic carbocycles. The van der Waals surface area contributed by atoms with Crippen LogP contribution in [0.25, 0.3) is 5.69 Å². The number of carbonyl (C=O) groups is 1. The van der Waals surface area contributed by atoms with Crippen LogP contribution in [0.2, 0.25) is 0 Å². The van der Waals surface area contributed by atoms with Gasteiger partial charge in [0.2, 0.25) is 5.91 Å². The Morgan fingerprint density at radius 2 is 1.80 bits per heavy atom. The summed E-state index contributed by atoms with van der Waals surface area (Å²) in [5.74, 6) is 2.16. The van der Waals surface area contributed by atoms with Crippen LogP contribution in [0.15, 0.2) is 60.0 Å². The first-order valence-electron chi connectivity index (χ1n) is 9.64. The first-order valence-corrected chi connectivity index (χ1v) is 10.6. The monoisotopic (exact) mass is 427 g/mol. The van der Waals surface area contributed by atoms with Crippen molar-refractivity contribution in [2.75, 3.05) is 31.4 Å². The molecule has 0 radical (unpaired) electrons. The van der Waals surface area contributed by atoms with Gasteiger partial charge < -0.3 is 19.5 Å². The molecule has 3 rings (SSSR count). The number of thioether (sulfide) groups is 1. The third-order valence-electron chi connectivity index (χ3n) is 4.12. The highest BCUT2D eigenvalue weighted by Gasteiger charge is 2.12. The van der Waals surface area contributed by atoms with E-state index in [1.165, 1.54) is 11.8 Å². The molecule has 0 aliphatic carbocycles. The van der Waals surface area contributed by atoms with Gasteiger partial charge in [-0.1, -0.05) is 11.8 Å². The number of benzene rings is 2. The minimum absolute atomic E-state index is 0.129. The molecule has 30 heavy (non-hydrogen) atoms. The Bertz CT molecular complexity index is 973. The smallest absolute Gasteiger partial charge is 0.234 e. The molecule has 0 spiro atoms. The zero-order valence-electron chi connectivity index (χ0n) is 17.3. The molecule has 0 unspecified atom stereocenters. The minimum Gasteiger partial charge on any atom is -0.497 e. The van der Waals surface area contributed by atoms with Crippen molar-refractivity contribution in [1.82, 2.24) is 9.55 Å². The van der Waals surface area contributed by atoms with Gasteiger partial charge in [-0.3, -0.25) is 9.36 Å². The van der Waals surface area contributed by atoms with E-state index in [1.54, 1.807) is 31.5 Å². The van der Waals surface area contributed by atoms with Crippen molar-refractivity contribution >= 4 is 23.4 Å². The number of nitrogens with zero attached hydrogens (tertiary/aromatic N) is 2. The average Bonchev–Trinajstić information content (AvgIpc) is 3.23. The van der Waals surface area contributed by atoms with Crippen molar-refractivity contribution in [3.8, 4) is 22.9 Å². The molecule has 8 heteroatoms. The number of aromatic nitrogens is 2. The fraction of sp³-hybridized carbons (Fsp3) is 0.273. The van der Waals surface area contributed by atoms with Crippen LogP contribution in [0, 0.1) is 0 Å². The number of ether oxygens (including phenoxy) is 3. The second kappa shape index (κ2) is 10.6. The molecule has 7 nitrogen and oxygen atoms in total. The zero-order valence-corrected chi connectivity index (χ0v) is 18.1. The number of rotatable bonds is 10. The Morgan fingerprint density at radius 3 is 2.50 bits per heavy atom. The normalized spacial score (nSPS) is 10.5. The van der Waals surface area contributed by atoms with Gasteiger partial charge in [-0.25, -0.2) is 4.98 Å². The molecule has 0 fully saturated rings. The number of hydrogen-bond acceptors (Lipinski definition) is 6. The fourth-order valence-electron chi connectivity index (χ4n) is 2.79. The van der Waals surface area contributed by atoms with E-state index in [2.05, 4.69) is 10.3 Å². The van der Waals surface area contributed by atoms with Gasteiger partial charge in [0, 0.05) is 29.8 Å². The minimum atomic E-state index is -0.129. The van der Waals surface area contributed by atoms with Crippen LogP contribution in [0.5, 0.6) is 17.2 Å². The summed E-state index contributed by atoms with van der Waals surface area (Å²) in [6, 6.07) is 13.0. The van der Waals surface area contributed by atoms with Gasteiger partial charge in [0.25, 0.3) is 0 Å². The van der Waals surface area contributed by atoms with Crippen molar-refractivity contribution in [3.05, 3.63) is 54.9 Å². The Kier molecular flexibility index (Phi) is 7.62. The van der Waals surface area contributed by atoms with E-state index < -0.39 is 0 Å². The lowest BCUT2D eigenvalue weighted by molar-refractivity contribution is -0.113. The summed E-state index contributed by atoms with van der Waals surface area (Å²) in [6.45, 7) is 4.88. The average molecular weight is 428 g/mol. The molecule has 0 bridgehead atoms. The van der Waals surface area contributed by atoms with Gasteiger partial charge in [-0.15, -0.1) is 0 Å². The summed E-state index contributed by atoms with van der Waals surface area (Å²) in [4.78, 5) is 16.8. The van der Waals surface area contributed by atoms with Gasteiger partial charge in [0.1, 0.15) is 5.75 Å². The Labute approximate surface area is 180 Å². The molecule has 0 atom stereocenters. The number of carbonyl (C=O) groups excluding carboxylic acids is 1. The number of imidazole rings is 1. The van der Waals surface area contributed by atoms with Crippen molar-refractivity contribution in [2.24, 2.45) is 0 Å². The molecular formula is C22H25N3O4S. The third-order valence-corrected chi connectivity index (χ3v) is 5.08. The number of methoxy groups -OCH3 is 1. The van der Waals surface area contributed by atoms with Crippen LogP contribution < -0.4 is 19.5 Å². The molecule has 1 N–H and O–H groups in total. The molecule has 158 valence electrons. The standard InChI is InChI=1S/C22H25N3O4S/c1-4-28-19-11-6-16(14-20(19)29-5-2)24-21(26)15-30-22-23-12-13-25(22)17-7-9-18(27-3)10-8-17/h6-14H,4-5,15H2,1-3H3,(H,24,26). The largest absolute Gasteiger partial charge is 0.497 e. The van der Waals surface area contributed by atoms with Gasteiger partial charge in [0.05, 0.1) is 26.1 Å². The van der Waals surface area contributed by atoms with Crippen molar-refractivity contribution in [2.45, 2.75) is 19.0 Å². The van der Waals surface area contributed by atoms with Crippen LogP contribution >= 0.6 is 11.8 Å². The van der Waals surface area contributed by atoms with Gasteiger partial charge in [-0.2, -0.15) is 0 Å². The predicted octanol–water partition coefficient (Wildman–Crippen LogP) is 4.41. The molecular weight excluding hydrogens is 402 g/mol. The molecule has 0 aliphatic rings. The van der Waals surface area contributed by atoms with E-state index in [-0.39, 0.29) is 11.7 Å². The van der Waals surface area contributed by atoms with Crippen molar-refractivity contribution < 1.29 is 19.0 Å². The second-order valence-electron chi connectivity index (χ2n) is 6.14. The van der Waals surface area contributed by atoms with Crippen LogP contribution in [0.3, 0.4) is 0 Å². The van der Waals surface area contributed by atoms with Gasteiger partial charge in [-0.05, 0) is 50.2 Å². The Morgan fingerprint density at radius 1 is 1.07 bits per heavy atom. The first kappa shape index (κ1) is 21.6.